The second-order valence-electron chi connectivity index (χ2n) is 6.98. The number of rotatable bonds is 11. The molecular formula is C26H27NO5. The van der Waals surface area contributed by atoms with Crippen LogP contribution in [0.1, 0.15) is 35.3 Å². The van der Waals surface area contributed by atoms with Crippen molar-refractivity contribution in [2.45, 2.75) is 19.4 Å². The summed E-state index contributed by atoms with van der Waals surface area (Å²) < 4.78 is 16.3. The van der Waals surface area contributed by atoms with Gasteiger partial charge in [0.25, 0.3) is 5.91 Å². The lowest BCUT2D eigenvalue weighted by molar-refractivity contribution is -0.144. The molecule has 1 atom stereocenters. The van der Waals surface area contributed by atoms with Gasteiger partial charge in [-0.05, 0) is 48.9 Å². The van der Waals surface area contributed by atoms with Crippen LogP contribution in [0, 0.1) is 0 Å². The van der Waals surface area contributed by atoms with Crippen molar-refractivity contribution < 1.29 is 23.8 Å². The third kappa shape index (κ3) is 7.16. The smallest absolute Gasteiger partial charge is 0.308 e. The lowest BCUT2D eigenvalue weighted by atomic mass is 10.0. The Hall–Kier alpha value is -3.80. The molecule has 0 saturated carbocycles. The predicted molar refractivity (Wildman–Crippen MR) is 122 cm³/mol. The van der Waals surface area contributed by atoms with Gasteiger partial charge in [-0.25, -0.2) is 0 Å². The van der Waals surface area contributed by atoms with E-state index in [1.54, 1.807) is 36.4 Å². The zero-order valence-corrected chi connectivity index (χ0v) is 18.0. The van der Waals surface area contributed by atoms with Gasteiger partial charge in [0.1, 0.15) is 24.7 Å². The van der Waals surface area contributed by atoms with Crippen LogP contribution in [0.2, 0.25) is 0 Å². The van der Waals surface area contributed by atoms with Gasteiger partial charge < -0.3 is 19.5 Å². The zero-order chi connectivity index (χ0) is 22.6. The number of carbonyl (C=O) groups is 2. The van der Waals surface area contributed by atoms with Crippen molar-refractivity contribution in [3.05, 3.63) is 96.1 Å². The molecule has 1 N–H and O–H groups in total. The molecule has 1 amide bonds. The van der Waals surface area contributed by atoms with Crippen molar-refractivity contribution in [3.63, 3.8) is 0 Å². The fraction of sp³-hybridized carbons (Fsp3) is 0.231. The van der Waals surface area contributed by atoms with Crippen LogP contribution in [0.15, 0.2) is 84.9 Å². The van der Waals surface area contributed by atoms with Crippen LogP contribution in [0.4, 0.5) is 0 Å². The molecular weight excluding hydrogens is 406 g/mol. The number of hydrogen-bond donors (Lipinski definition) is 1. The average molecular weight is 434 g/mol. The fourth-order valence-corrected chi connectivity index (χ4v) is 3.11. The summed E-state index contributed by atoms with van der Waals surface area (Å²) in [5.41, 5.74) is 1.37. The van der Waals surface area contributed by atoms with E-state index in [-0.39, 0.29) is 25.5 Å². The standard InChI is InChI=1S/C26H27NO5/c1-2-30-22-13-15-23(16-14-22)31-17-18-32-25(28)19-24(20-9-5-3-6-10-20)27-26(29)21-11-7-4-8-12-21/h3-16,24H,2,17-19H2,1H3,(H,27,29). The van der Waals surface area contributed by atoms with E-state index in [2.05, 4.69) is 5.32 Å². The van der Waals surface area contributed by atoms with E-state index >= 15 is 0 Å². The van der Waals surface area contributed by atoms with Crippen molar-refractivity contribution >= 4 is 11.9 Å². The second kappa shape index (κ2) is 12.2. The largest absolute Gasteiger partial charge is 0.494 e. The number of esters is 1. The maximum absolute atomic E-state index is 12.6. The van der Waals surface area contributed by atoms with Gasteiger partial charge in [-0.15, -0.1) is 0 Å². The van der Waals surface area contributed by atoms with Crippen LogP contribution in [0.5, 0.6) is 11.5 Å². The van der Waals surface area contributed by atoms with Crippen LogP contribution >= 0.6 is 0 Å². The molecule has 0 saturated heterocycles. The summed E-state index contributed by atoms with van der Waals surface area (Å²) in [6, 6.07) is 25.0. The normalized spacial score (nSPS) is 11.3. The predicted octanol–water partition coefficient (Wildman–Crippen LogP) is 4.57. The summed E-state index contributed by atoms with van der Waals surface area (Å²) in [5.74, 6) is 0.783. The van der Waals surface area contributed by atoms with E-state index in [1.807, 2.05) is 55.5 Å². The van der Waals surface area contributed by atoms with Crippen molar-refractivity contribution in [1.29, 1.82) is 0 Å². The van der Waals surface area contributed by atoms with Gasteiger partial charge in [0, 0.05) is 5.56 Å². The highest BCUT2D eigenvalue weighted by atomic mass is 16.6. The minimum Gasteiger partial charge on any atom is -0.494 e. The van der Waals surface area contributed by atoms with Crippen LogP contribution in [-0.2, 0) is 9.53 Å². The van der Waals surface area contributed by atoms with Gasteiger partial charge in [-0.3, -0.25) is 9.59 Å². The first kappa shape index (κ1) is 22.9. The average Bonchev–Trinajstić information content (AvgIpc) is 2.83. The summed E-state index contributed by atoms with van der Waals surface area (Å²) in [7, 11) is 0. The van der Waals surface area contributed by atoms with Crippen LogP contribution < -0.4 is 14.8 Å². The van der Waals surface area contributed by atoms with E-state index < -0.39 is 12.0 Å². The Balaban J connectivity index is 1.50. The van der Waals surface area contributed by atoms with E-state index in [0.717, 1.165) is 11.3 Å². The van der Waals surface area contributed by atoms with E-state index in [0.29, 0.717) is 17.9 Å². The van der Waals surface area contributed by atoms with Gasteiger partial charge in [0.15, 0.2) is 0 Å². The molecule has 0 bridgehead atoms. The summed E-state index contributed by atoms with van der Waals surface area (Å²) in [6.07, 6.45) is 0.0195. The first-order valence-electron chi connectivity index (χ1n) is 10.6. The molecule has 166 valence electrons. The fourth-order valence-electron chi connectivity index (χ4n) is 3.11. The van der Waals surface area contributed by atoms with Crippen LogP contribution in [0.25, 0.3) is 0 Å². The molecule has 0 radical (unpaired) electrons. The van der Waals surface area contributed by atoms with Crippen molar-refractivity contribution in [2.24, 2.45) is 0 Å². The number of nitrogens with one attached hydrogen (secondary N) is 1. The summed E-state index contributed by atoms with van der Waals surface area (Å²) in [6.45, 7) is 2.87. The Morgan fingerprint density at radius 1 is 0.781 bits per heavy atom. The van der Waals surface area contributed by atoms with Crippen LogP contribution in [-0.4, -0.2) is 31.7 Å². The molecule has 1 unspecified atom stereocenters. The van der Waals surface area contributed by atoms with Crippen molar-refractivity contribution in [1.82, 2.24) is 5.32 Å². The van der Waals surface area contributed by atoms with Gasteiger partial charge >= 0.3 is 5.97 Å². The molecule has 3 aromatic rings. The molecule has 0 heterocycles. The Morgan fingerprint density at radius 3 is 2.00 bits per heavy atom. The first-order valence-corrected chi connectivity index (χ1v) is 10.6. The molecule has 3 rings (SSSR count). The first-order chi connectivity index (χ1) is 15.7. The molecule has 0 aliphatic carbocycles. The van der Waals surface area contributed by atoms with Gasteiger partial charge in [0.05, 0.1) is 19.1 Å². The van der Waals surface area contributed by atoms with Crippen molar-refractivity contribution in [2.75, 3.05) is 19.8 Å². The maximum Gasteiger partial charge on any atom is 0.308 e. The molecule has 3 aromatic carbocycles. The van der Waals surface area contributed by atoms with Gasteiger partial charge in [-0.2, -0.15) is 0 Å². The lowest BCUT2D eigenvalue weighted by Crippen LogP contribution is -2.30. The molecule has 0 aliphatic heterocycles. The number of carbonyl (C=O) groups excluding carboxylic acids is 2. The van der Waals surface area contributed by atoms with E-state index in [1.165, 1.54) is 0 Å². The Kier molecular flexibility index (Phi) is 8.69. The second-order valence-corrected chi connectivity index (χ2v) is 6.98. The Morgan fingerprint density at radius 2 is 1.38 bits per heavy atom. The number of amides is 1. The number of hydrogen-bond acceptors (Lipinski definition) is 5. The molecule has 0 aromatic heterocycles. The molecule has 0 fully saturated rings. The molecule has 0 spiro atoms. The molecule has 6 heteroatoms. The lowest BCUT2D eigenvalue weighted by Gasteiger charge is -2.19. The van der Waals surface area contributed by atoms with Crippen molar-refractivity contribution in [3.8, 4) is 11.5 Å². The van der Waals surface area contributed by atoms with E-state index in [9.17, 15) is 9.59 Å². The Bertz CT molecular complexity index is 974. The van der Waals surface area contributed by atoms with Gasteiger partial charge in [0.2, 0.25) is 0 Å². The highest BCUT2D eigenvalue weighted by molar-refractivity contribution is 5.94. The van der Waals surface area contributed by atoms with Crippen LogP contribution in [0.3, 0.4) is 0 Å². The number of benzene rings is 3. The highest BCUT2D eigenvalue weighted by Gasteiger charge is 2.20. The highest BCUT2D eigenvalue weighted by Crippen LogP contribution is 2.19. The molecule has 32 heavy (non-hydrogen) atoms. The minimum absolute atomic E-state index is 0.0195. The van der Waals surface area contributed by atoms with Gasteiger partial charge in [-0.1, -0.05) is 48.5 Å². The van der Waals surface area contributed by atoms with E-state index in [4.69, 9.17) is 14.2 Å². The number of ether oxygens (including phenoxy) is 3. The quantitative estimate of drug-likeness (QED) is 0.354. The Labute approximate surface area is 188 Å². The summed E-state index contributed by atoms with van der Waals surface area (Å²) >= 11 is 0. The minimum atomic E-state index is -0.497. The maximum atomic E-state index is 12.6. The summed E-state index contributed by atoms with van der Waals surface area (Å²) in [4.78, 5) is 25.0. The molecule has 6 nitrogen and oxygen atoms in total. The zero-order valence-electron chi connectivity index (χ0n) is 18.0. The third-order valence-corrected chi connectivity index (χ3v) is 4.66. The summed E-state index contributed by atoms with van der Waals surface area (Å²) in [5, 5.41) is 2.93. The monoisotopic (exact) mass is 433 g/mol. The topological polar surface area (TPSA) is 73.9 Å². The SMILES string of the molecule is CCOc1ccc(OCCOC(=O)CC(NC(=O)c2ccccc2)c2ccccc2)cc1. The third-order valence-electron chi connectivity index (χ3n) is 4.66. The molecule has 0 aliphatic rings.